The van der Waals surface area contributed by atoms with Gasteiger partial charge >= 0.3 is 0 Å². The van der Waals surface area contributed by atoms with Gasteiger partial charge in [0.15, 0.2) is 5.78 Å². The average Bonchev–Trinajstić information content (AvgIpc) is 2.62. The van der Waals surface area contributed by atoms with Gasteiger partial charge in [0.25, 0.3) is 5.91 Å². The second-order valence-electron chi connectivity index (χ2n) is 6.37. The van der Waals surface area contributed by atoms with E-state index in [1.807, 2.05) is 0 Å². The zero-order valence-electron chi connectivity index (χ0n) is 14.8. The lowest BCUT2D eigenvalue weighted by Crippen LogP contribution is -2.48. The molecule has 0 unspecified atom stereocenters. The molecule has 0 fully saturated rings. The van der Waals surface area contributed by atoms with Crippen molar-refractivity contribution < 1.29 is 9.59 Å². The van der Waals surface area contributed by atoms with E-state index in [4.69, 9.17) is 58.4 Å². The first-order valence-corrected chi connectivity index (χ1v) is 9.54. The summed E-state index contributed by atoms with van der Waals surface area (Å²) in [5.41, 5.74) is -0.286. The molecule has 0 aliphatic rings. The molecular formula is C18H16Cl6N2O2. The number of rotatable bonds is 6. The van der Waals surface area contributed by atoms with Gasteiger partial charge in [0.2, 0.25) is 0 Å². The summed E-state index contributed by atoms with van der Waals surface area (Å²) in [6.45, 7) is 3.37. The summed E-state index contributed by atoms with van der Waals surface area (Å²) < 4.78 is 1.68. The molecule has 0 N–H and O–H groups in total. The van der Waals surface area contributed by atoms with E-state index in [9.17, 15) is 9.59 Å². The number of hydrogen-bond acceptors (Lipinski definition) is 3. The largest absolute Gasteiger partial charge is 0.294 e. The molecule has 1 amide bonds. The molecule has 0 heterocycles. The van der Waals surface area contributed by atoms with E-state index >= 15 is 0 Å². The molecular weight excluding hydrogens is 489 g/mol. The van der Waals surface area contributed by atoms with Crippen LogP contribution < -0.4 is 0 Å². The molecule has 10 heteroatoms. The number of hydrazine groups is 1. The van der Waals surface area contributed by atoms with Crippen molar-refractivity contribution in [3.05, 3.63) is 68.7 Å². The van der Waals surface area contributed by atoms with E-state index in [0.717, 1.165) is 4.53 Å². The summed E-state index contributed by atoms with van der Waals surface area (Å²) in [5.74, 6) is -0.786. The topological polar surface area (TPSA) is 40.6 Å². The molecule has 2 rings (SSSR count). The predicted molar refractivity (Wildman–Crippen MR) is 118 cm³/mol. The van der Waals surface area contributed by atoms with E-state index in [0.29, 0.717) is 20.1 Å². The van der Waals surface area contributed by atoms with Gasteiger partial charge in [-0.3, -0.25) is 9.59 Å². The van der Waals surface area contributed by atoms with Crippen LogP contribution in [-0.2, 0) is 0 Å². The second kappa shape index (κ2) is 10.4. The molecule has 0 aromatic heterocycles. The Morgan fingerprint density at radius 3 is 1.96 bits per heavy atom. The van der Waals surface area contributed by atoms with Crippen LogP contribution in [0.15, 0.2) is 42.5 Å². The molecule has 0 aliphatic carbocycles. The maximum atomic E-state index is 12.6. The summed E-state index contributed by atoms with van der Waals surface area (Å²) in [5, 5.41) is 1.06. The summed E-state index contributed by atoms with van der Waals surface area (Å²) in [6, 6.07) is 10.8. The lowest BCUT2D eigenvalue weighted by Gasteiger charge is -2.35. The quantitative estimate of drug-likeness (QED) is 0.239. The third-order valence-corrected chi connectivity index (χ3v) is 5.73. The SMILES string of the molecule is CC(C)(CC(=O)c1ccc(Cl)cc1)N(Cl)N(Cl)C(=O)c1ccc(Cl)c(Cl)c1.Cl. The van der Waals surface area contributed by atoms with Crippen LogP contribution in [0.3, 0.4) is 0 Å². The number of nitrogens with zero attached hydrogens (tertiary/aromatic N) is 2. The van der Waals surface area contributed by atoms with Crippen LogP contribution in [0.2, 0.25) is 15.1 Å². The van der Waals surface area contributed by atoms with Crippen molar-refractivity contribution in [1.29, 1.82) is 0 Å². The molecule has 0 bridgehead atoms. The first-order valence-electron chi connectivity index (χ1n) is 7.73. The van der Waals surface area contributed by atoms with Crippen molar-refractivity contribution in [3.63, 3.8) is 0 Å². The van der Waals surface area contributed by atoms with Gasteiger partial charge in [0.1, 0.15) is 0 Å². The third-order valence-electron chi connectivity index (χ3n) is 3.75. The Bertz CT molecular complexity index is 858. The summed E-state index contributed by atoms with van der Waals surface area (Å²) in [6.07, 6.45) is 0.00993. The molecule has 0 atom stereocenters. The highest BCUT2D eigenvalue weighted by Gasteiger charge is 2.35. The third kappa shape index (κ3) is 6.14. The monoisotopic (exact) mass is 502 g/mol. The van der Waals surface area contributed by atoms with Gasteiger partial charge in [-0.2, -0.15) is 4.53 Å². The highest BCUT2D eigenvalue weighted by molar-refractivity contribution is 6.42. The van der Waals surface area contributed by atoms with Crippen LogP contribution in [0.25, 0.3) is 0 Å². The minimum Gasteiger partial charge on any atom is -0.294 e. The highest BCUT2D eigenvalue weighted by Crippen LogP contribution is 2.29. The van der Waals surface area contributed by atoms with E-state index in [1.54, 1.807) is 38.1 Å². The fourth-order valence-corrected chi connectivity index (χ4v) is 3.10. The number of hydrogen-bond donors (Lipinski definition) is 0. The molecule has 0 radical (unpaired) electrons. The average molecular weight is 505 g/mol. The molecule has 0 saturated heterocycles. The number of benzene rings is 2. The van der Waals surface area contributed by atoms with Gasteiger partial charge in [0, 0.05) is 46.1 Å². The summed E-state index contributed by atoms with van der Waals surface area (Å²) >= 11 is 30.0. The van der Waals surface area contributed by atoms with Crippen LogP contribution in [0.5, 0.6) is 0 Å². The Kier molecular flexibility index (Phi) is 9.36. The van der Waals surface area contributed by atoms with Crippen molar-refractivity contribution in [3.8, 4) is 0 Å². The standard InChI is InChI=1S/C18H15Cl5N2O2.ClH/c1-18(2,10-16(26)11-3-6-13(19)7-4-11)25(23)24(22)17(27)12-5-8-14(20)15(21)9-12;/h3-9H,10H2,1-2H3;1H. The molecule has 0 saturated carbocycles. The zero-order chi connectivity index (χ0) is 20.4. The van der Waals surface area contributed by atoms with Crippen molar-refractivity contribution in [2.75, 3.05) is 0 Å². The normalized spacial score (nSPS) is 11.1. The Labute approximate surface area is 194 Å². The smallest absolute Gasteiger partial charge is 0.284 e. The number of carbonyl (C=O) groups is 2. The lowest BCUT2D eigenvalue weighted by molar-refractivity contribution is 0.0374. The number of Topliss-reactive ketones (excluding diaryl/α,β-unsaturated/α-hetero) is 1. The van der Waals surface area contributed by atoms with E-state index < -0.39 is 11.4 Å². The minimum atomic E-state index is -0.966. The van der Waals surface area contributed by atoms with Crippen molar-refractivity contribution in [2.24, 2.45) is 0 Å². The number of halogens is 6. The molecule has 152 valence electrons. The fraction of sp³-hybridized carbons (Fsp3) is 0.222. The first kappa shape index (κ1) is 25.3. The Hall–Kier alpha value is -0.720. The zero-order valence-corrected chi connectivity index (χ0v) is 19.4. The van der Waals surface area contributed by atoms with E-state index in [2.05, 4.69) is 0 Å². The minimum absolute atomic E-state index is 0. The number of ketones is 1. The second-order valence-corrected chi connectivity index (χ2v) is 8.26. The first-order chi connectivity index (χ1) is 12.5. The van der Waals surface area contributed by atoms with Crippen molar-refractivity contribution >= 4 is 82.5 Å². The van der Waals surface area contributed by atoms with Crippen LogP contribution in [0.1, 0.15) is 41.0 Å². The van der Waals surface area contributed by atoms with Crippen LogP contribution in [0.4, 0.5) is 0 Å². The number of amides is 1. The Morgan fingerprint density at radius 1 is 0.893 bits per heavy atom. The van der Waals surface area contributed by atoms with Crippen LogP contribution in [-0.4, -0.2) is 26.3 Å². The molecule has 0 spiro atoms. The van der Waals surface area contributed by atoms with Crippen LogP contribution in [0, 0.1) is 0 Å². The van der Waals surface area contributed by atoms with Gasteiger partial charge in [0.05, 0.1) is 15.6 Å². The van der Waals surface area contributed by atoms with Gasteiger partial charge in [-0.05, 0) is 56.3 Å². The van der Waals surface area contributed by atoms with E-state index in [-0.39, 0.29) is 35.2 Å². The highest BCUT2D eigenvalue weighted by atomic mass is 35.5. The molecule has 28 heavy (non-hydrogen) atoms. The summed E-state index contributed by atoms with van der Waals surface area (Å²) in [4.78, 5) is 25.1. The molecule has 0 aliphatic heterocycles. The maximum Gasteiger partial charge on any atom is 0.284 e. The van der Waals surface area contributed by atoms with Crippen molar-refractivity contribution in [2.45, 2.75) is 25.8 Å². The van der Waals surface area contributed by atoms with Crippen LogP contribution >= 0.6 is 70.8 Å². The summed E-state index contributed by atoms with van der Waals surface area (Å²) in [7, 11) is 0. The number of carbonyl (C=O) groups excluding carboxylic acids is 2. The van der Waals surface area contributed by atoms with Gasteiger partial charge < -0.3 is 0 Å². The fourth-order valence-electron chi connectivity index (χ4n) is 2.25. The molecule has 4 nitrogen and oxygen atoms in total. The Balaban J connectivity index is 0.00000392. The van der Waals surface area contributed by atoms with Gasteiger partial charge in [-0.15, -0.1) is 16.9 Å². The Morgan fingerprint density at radius 2 is 1.43 bits per heavy atom. The lowest BCUT2D eigenvalue weighted by atomic mass is 9.95. The predicted octanol–water partition coefficient (Wildman–Crippen LogP) is 7.09. The van der Waals surface area contributed by atoms with Crippen molar-refractivity contribution in [1.82, 2.24) is 9.06 Å². The van der Waals surface area contributed by atoms with Gasteiger partial charge in [-0.1, -0.05) is 34.8 Å². The molecule has 2 aromatic carbocycles. The molecule has 2 aromatic rings. The van der Waals surface area contributed by atoms with Gasteiger partial charge in [-0.25, -0.2) is 0 Å². The van der Waals surface area contributed by atoms with E-state index in [1.165, 1.54) is 18.2 Å². The maximum absolute atomic E-state index is 12.6.